The van der Waals surface area contributed by atoms with E-state index < -0.39 is 236 Å². The van der Waals surface area contributed by atoms with Crippen molar-refractivity contribution in [3.63, 3.8) is 0 Å². The topological polar surface area (TPSA) is 733 Å². The Morgan fingerprint density at radius 2 is 1.08 bits per heavy atom. The number of aliphatic hydroxyl groups excluding tert-OH is 2. The number of aliphatic carboxylic acids is 2. The summed E-state index contributed by atoms with van der Waals surface area (Å²) in [7, 11) is 1.58. The van der Waals surface area contributed by atoms with Crippen LogP contribution in [0.5, 0.6) is 0 Å². The van der Waals surface area contributed by atoms with Crippen LogP contribution in [0.1, 0.15) is 104 Å². The second-order valence-corrected chi connectivity index (χ2v) is 30.6. The highest BCUT2D eigenvalue weighted by atomic mass is 33.1. The third-order valence-corrected chi connectivity index (χ3v) is 21.2. The molecule has 1 saturated heterocycles. The van der Waals surface area contributed by atoms with Crippen molar-refractivity contribution in [1.82, 2.24) is 69.1 Å². The first-order valence-corrected chi connectivity index (χ1v) is 40.5. The number of guanidine groups is 3. The van der Waals surface area contributed by atoms with Gasteiger partial charge in [-0.3, -0.25) is 86.9 Å². The van der Waals surface area contributed by atoms with Gasteiger partial charge in [0.05, 0.1) is 38.6 Å². The molecule has 2 heterocycles. The number of carboxylic acid groups (broad SMARTS) is 2. The molecule has 44 nitrogen and oxygen atoms in total. The van der Waals surface area contributed by atoms with E-state index in [2.05, 4.69) is 84.1 Å². The van der Waals surface area contributed by atoms with Crippen LogP contribution in [0.3, 0.4) is 0 Å². The van der Waals surface area contributed by atoms with Gasteiger partial charge in [-0.15, -0.1) is 0 Å². The molecule has 2 aromatic rings. The van der Waals surface area contributed by atoms with E-state index >= 15 is 14.4 Å². The molecular formula is C72H112N24O20S2. The van der Waals surface area contributed by atoms with Crippen molar-refractivity contribution in [3.8, 4) is 0 Å². The summed E-state index contributed by atoms with van der Waals surface area (Å²) in [5.41, 5.74) is 40.0. The van der Waals surface area contributed by atoms with Gasteiger partial charge in [0.2, 0.25) is 82.7 Å². The smallest absolute Gasteiger partial charge is 0.326 e. The monoisotopic (exact) mass is 1700 g/mol. The lowest BCUT2D eigenvalue weighted by Crippen LogP contribution is -2.62. The van der Waals surface area contributed by atoms with Crippen LogP contribution in [0.25, 0.3) is 0 Å². The molecule has 2 aromatic carbocycles. The molecule has 2 aliphatic heterocycles. The average molecular weight is 1700 g/mol. The van der Waals surface area contributed by atoms with Crippen LogP contribution in [0.4, 0.5) is 5.69 Å². The van der Waals surface area contributed by atoms with Gasteiger partial charge in [0.1, 0.15) is 72.5 Å². The number of para-hydroxylation sites is 1. The number of nitrogens with two attached hydrogens (primary N) is 7. The van der Waals surface area contributed by atoms with Crippen LogP contribution in [-0.2, 0) is 89.6 Å². The Kier molecular flexibility index (Phi) is 42.5. The van der Waals surface area contributed by atoms with Gasteiger partial charge in [-0.1, -0.05) is 111 Å². The predicted molar refractivity (Wildman–Crippen MR) is 435 cm³/mol. The number of hydrogen-bond acceptors (Lipinski definition) is 24. The highest BCUT2D eigenvalue weighted by molar-refractivity contribution is 8.76. The van der Waals surface area contributed by atoms with Gasteiger partial charge in [-0.2, -0.15) is 0 Å². The second kappa shape index (κ2) is 50.7. The van der Waals surface area contributed by atoms with Crippen molar-refractivity contribution in [2.45, 2.75) is 178 Å². The molecule has 0 aliphatic carbocycles. The Morgan fingerprint density at radius 3 is 1.64 bits per heavy atom. The number of nitrogens with zero attached hydrogens (tertiary/aromatic N) is 4. The first-order valence-electron chi connectivity index (χ1n) is 38.0. The van der Waals surface area contributed by atoms with Crippen LogP contribution >= 0.6 is 21.6 Å². The third kappa shape index (κ3) is 33.9. The molecule has 46 heteroatoms. The third-order valence-electron chi connectivity index (χ3n) is 18.8. The van der Waals surface area contributed by atoms with Gasteiger partial charge in [-0.25, -0.2) is 4.79 Å². The Hall–Kier alpha value is -11.6. The molecule has 31 N–H and O–H groups in total. The lowest BCUT2D eigenvalue weighted by Gasteiger charge is -2.37. The highest BCUT2D eigenvalue weighted by Gasteiger charge is 2.41. The van der Waals surface area contributed by atoms with E-state index in [4.69, 9.17) is 40.1 Å². The highest BCUT2D eigenvalue weighted by Crippen LogP contribution is 2.32. The molecule has 14 amide bonds. The number of aliphatic imine (C=N–C) groups is 3. The van der Waals surface area contributed by atoms with Crippen molar-refractivity contribution >= 4 is 140 Å². The summed E-state index contributed by atoms with van der Waals surface area (Å²) in [5, 5.41) is 72.5. The van der Waals surface area contributed by atoms with E-state index in [-0.39, 0.29) is 107 Å². The molecule has 0 spiro atoms. The van der Waals surface area contributed by atoms with Crippen molar-refractivity contribution in [3.05, 3.63) is 65.7 Å². The van der Waals surface area contributed by atoms with Crippen LogP contribution in [0.15, 0.2) is 69.6 Å². The zero-order valence-electron chi connectivity index (χ0n) is 66.2. The molecule has 2 aliphatic rings. The summed E-state index contributed by atoms with van der Waals surface area (Å²) in [6, 6.07) is -5.31. The maximum Gasteiger partial charge on any atom is 0.326 e. The zero-order valence-corrected chi connectivity index (χ0v) is 67.8. The van der Waals surface area contributed by atoms with Crippen molar-refractivity contribution < 1.29 is 97.1 Å². The number of rotatable bonds is 30. The standard InChI is InChI=1S/C72H112N24O20S2/c1-6-36(3)55-66(112)90-47(28-54(101)102)63(109)87-44(20-14-24-81-71(76)77)62(108)95-56(37(4)7-2)67(113)93-50(68(114)96-31-41(27-40-18-11-12-22-51(40)96)58(104)88-45(69(115)116)21-15-25-82-72(78)79)35-118-117-34-49(92-64(110)48(33-98)91-59(105)42(73)32-97)65(111)85-38(5)57(103)89-46(26-39-16-9-8-10-17-39)60(106)84-29-52(99)83-30-53(100)86-43(61(107)94-55)19-13-23-80-70(74)75/h8-12,16-18,22,36-38,41-50,55-56,97-98H,6-7,13-15,19-21,23-35,73H2,1-5H3,(H,83,99)(H,84,106)(H,85,111)(H,86,100)(H,87,109)(H,88,104)(H,89,103)(H,90,112)(H,91,105)(H,92,110)(H,93,113)(H,94,107)(H,95,108)(H,101,102)(H,115,116)(H4,74,75,80)(H4,76,77,81)(H4,78,79,82)/t36-,37-,38-,41?,42-,43+,44-,45+,46+,47+,48-,49+,50+,55-,56+/m0/s1. The molecule has 652 valence electrons. The zero-order chi connectivity index (χ0) is 87.9. The Balaban J connectivity index is 1.96. The predicted octanol–water partition coefficient (Wildman–Crippen LogP) is -8.46. The number of carbonyl (C=O) groups is 16. The van der Waals surface area contributed by atoms with Gasteiger partial charge in [-0.05, 0) is 80.9 Å². The van der Waals surface area contributed by atoms with Gasteiger partial charge in [0, 0.05) is 49.8 Å². The molecule has 1 unspecified atom stereocenters. The number of carbonyl (C=O) groups excluding carboxylic acids is 14. The molecule has 118 heavy (non-hydrogen) atoms. The molecule has 15 atom stereocenters. The van der Waals surface area contributed by atoms with Crippen LogP contribution in [0.2, 0.25) is 0 Å². The molecular weight excluding hydrogens is 1590 g/mol. The van der Waals surface area contributed by atoms with E-state index in [0.717, 1.165) is 21.6 Å². The number of carboxylic acids is 2. The van der Waals surface area contributed by atoms with Crippen molar-refractivity contribution in [2.24, 2.45) is 72.9 Å². The molecule has 4 rings (SSSR count). The first-order chi connectivity index (χ1) is 55.9. The van der Waals surface area contributed by atoms with Crippen LogP contribution in [-0.4, -0.2) is 269 Å². The normalized spacial score (nSPS) is 22.8. The van der Waals surface area contributed by atoms with Gasteiger partial charge < -0.3 is 135 Å². The van der Waals surface area contributed by atoms with E-state index in [0.29, 0.717) is 11.1 Å². The van der Waals surface area contributed by atoms with Crippen LogP contribution in [0, 0.1) is 17.8 Å². The van der Waals surface area contributed by atoms with E-state index in [1.165, 1.54) is 18.7 Å². The van der Waals surface area contributed by atoms with Gasteiger partial charge >= 0.3 is 11.9 Å². The molecule has 0 bridgehead atoms. The average Bonchev–Trinajstić information content (AvgIpc) is 0.782. The Labute approximate surface area is 688 Å². The largest absolute Gasteiger partial charge is 0.481 e. The number of nitrogens with one attached hydrogen (secondary N) is 13. The van der Waals surface area contributed by atoms with Gasteiger partial charge in [0.15, 0.2) is 17.9 Å². The summed E-state index contributed by atoms with van der Waals surface area (Å²) in [5.74, 6) is -22.2. The van der Waals surface area contributed by atoms with Crippen LogP contribution < -0.4 is 114 Å². The number of benzene rings is 2. The first kappa shape index (κ1) is 98.7. The SMILES string of the molecule is CC[C@H](C)[C@@H]1NC(=O)[C@@H](CCCN=C(N)N)NC(=O)CNC(=O)CNC(=O)[C@@H](Cc2ccccc2)NC(=O)[C@H](C)NC(=O)[C@H](NC(=O)[C@H](CO)NC(=O)[C@@H](N)CO)CSSC[C@H](C(=O)N2CC(C(=O)N[C@H](CCCN=C(N)N)C(=O)O)Cc3ccccc32)NC(=O)[C@@H]([C@@H](C)CC)NC(=O)[C@H](CCCN=C(N)N)NC(=O)[C@@H](CC(=O)O)NC1=O. The second-order valence-electron chi connectivity index (χ2n) is 28.0. The summed E-state index contributed by atoms with van der Waals surface area (Å²) >= 11 is 0. The van der Waals surface area contributed by atoms with E-state index in [1.54, 1.807) is 75.4 Å². The molecule has 0 saturated carbocycles. The number of aliphatic hydroxyl groups is 2. The lowest BCUT2D eigenvalue weighted by molar-refractivity contribution is -0.142. The quantitative estimate of drug-likeness (QED) is 0.0149. The Bertz CT molecular complexity index is 3910. The van der Waals surface area contributed by atoms with E-state index in [9.17, 15) is 82.8 Å². The number of hydrogen-bond donors (Lipinski definition) is 24. The number of amides is 14. The summed E-state index contributed by atoms with van der Waals surface area (Å²) in [4.78, 5) is 239. The summed E-state index contributed by atoms with van der Waals surface area (Å²) in [6.07, 6.45) is -1.65. The fourth-order valence-corrected chi connectivity index (χ4v) is 14.1. The fraction of sp³-hybridized carbons (Fsp3) is 0.569. The summed E-state index contributed by atoms with van der Waals surface area (Å²) < 4.78 is 0. The van der Waals surface area contributed by atoms with E-state index in [1.807, 2.05) is 0 Å². The van der Waals surface area contributed by atoms with Crippen molar-refractivity contribution in [1.29, 1.82) is 0 Å². The molecule has 0 aromatic heterocycles. The molecule has 1 fully saturated rings. The minimum atomic E-state index is -2.01. The van der Waals surface area contributed by atoms with Crippen molar-refractivity contribution in [2.75, 3.05) is 68.9 Å². The minimum Gasteiger partial charge on any atom is -0.481 e. The minimum absolute atomic E-state index is 0.0250. The maximum absolute atomic E-state index is 15.7. The fourth-order valence-electron chi connectivity index (χ4n) is 11.8. The number of anilines is 1. The maximum atomic E-state index is 15.7. The number of fused-ring (bicyclic) bond motifs is 1. The summed E-state index contributed by atoms with van der Waals surface area (Å²) in [6.45, 7) is 3.36. The van der Waals surface area contributed by atoms with Gasteiger partial charge in [0.25, 0.3) is 0 Å². The molecule has 0 radical (unpaired) electrons. The lowest BCUT2D eigenvalue weighted by atomic mass is 9.90. The Morgan fingerprint density at radius 1 is 0.559 bits per heavy atom.